The lowest BCUT2D eigenvalue weighted by Gasteiger charge is -2.05. The SMILES string of the molecule is CCOC(=O)C1=NNC2C(=O)NC(=O)C12. The minimum atomic E-state index is -0.850. The summed E-state index contributed by atoms with van der Waals surface area (Å²) in [5, 5.41) is 5.77. The van der Waals surface area contributed by atoms with E-state index in [1.54, 1.807) is 6.92 Å². The molecule has 0 saturated carbocycles. The molecule has 2 rings (SSSR count). The van der Waals surface area contributed by atoms with E-state index >= 15 is 0 Å². The Balaban J connectivity index is 2.20. The van der Waals surface area contributed by atoms with Crippen molar-refractivity contribution in [3.05, 3.63) is 0 Å². The first-order valence-electron chi connectivity index (χ1n) is 4.50. The Labute approximate surface area is 84.8 Å². The second kappa shape index (κ2) is 3.34. The van der Waals surface area contributed by atoms with E-state index in [-0.39, 0.29) is 12.3 Å². The molecule has 15 heavy (non-hydrogen) atoms. The average molecular weight is 211 g/mol. The molecule has 0 radical (unpaired) electrons. The predicted molar refractivity (Wildman–Crippen MR) is 47.6 cm³/mol. The van der Waals surface area contributed by atoms with Gasteiger partial charge in [-0.15, -0.1) is 0 Å². The smallest absolute Gasteiger partial charge is 0.355 e. The lowest BCUT2D eigenvalue weighted by atomic mass is 9.99. The maximum atomic E-state index is 11.4. The van der Waals surface area contributed by atoms with Crippen LogP contribution in [0.2, 0.25) is 0 Å². The first-order chi connectivity index (χ1) is 7.15. The average Bonchev–Trinajstić information content (AvgIpc) is 2.70. The van der Waals surface area contributed by atoms with Crippen LogP contribution in [-0.4, -0.2) is 36.1 Å². The van der Waals surface area contributed by atoms with Gasteiger partial charge in [-0.2, -0.15) is 5.10 Å². The fourth-order valence-corrected chi connectivity index (χ4v) is 1.58. The third kappa shape index (κ3) is 1.36. The van der Waals surface area contributed by atoms with Gasteiger partial charge >= 0.3 is 5.97 Å². The molecule has 7 heteroatoms. The third-order valence-electron chi connectivity index (χ3n) is 2.25. The van der Waals surface area contributed by atoms with E-state index in [1.807, 2.05) is 0 Å². The Kier molecular flexibility index (Phi) is 2.14. The Morgan fingerprint density at radius 3 is 2.87 bits per heavy atom. The number of rotatable bonds is 2. The van der Waals surface area contributed by atoms with Crippen molar-refractivity contribution in [2.75, 3.05) is 6.61 Å². The van der Waals surface area contributed by atoms with Crippen molar-refractivity contribution < 1.29 is 19.1 Å². The molecule has 0 aromatic heterocycles. The number of carbonyl (C=O) groups is 3. The topological polar surface area (TPSA) is 96.9 Å². The number of carbonyl (C=O) groups excluding carboxylic acids is 3. The highest BCUT2D eigenvalue weighted by atomic mass is 16.5. The summed E-state index contributed by atoms with van der Waals surface area (Å²) < 4.78 is 4.72. The summed E-state index contributed by atoms with van der Waals surface area (Å²) in [4.78, 5) is 33.9. The predicted octanol–water partition coefficient (Wildman–Crippen LogP) is -1.85. The Morgan fingerprint density at radius 2 is 2.20 bits per heavy atom. The van der Waals surface area contributed by atoms with Crippen LogP contribution in [0.15, 0.2) is 5.10 Å². The summed E-state index contributed by atoms with van der Waals surface area (Å²) in [6.45, 7) is 1.85. The van der Waals surface area contributed by atoms with Gasteiger partial charge in [0.05, 0.1) is 6.61 Å². The third-order valence-corrected chi connectivity index (χ3v) is 2.25. The number of hydrogen-bond donors (Lipinski definition) is 2. The highest BCUT2D eigenvalue weighted by Gasteiger charge is 2.50. The number of fused-ring (bicyclic) bond motifs is 1. The zero-order valence-electron chi connectivity index (χ0n) is 7.94. The summed E-state index contributed by atoms with van der Waals surface area (Å²) in [5.41, 5.74) is 2.41. The van der Waals surface area contributed by atoms with Crippen LogP contribution in [0.1, 0.15) is 6.92 Å². The minimum Gasteiger partial charge on any atom is -0.461 e. The summed E-state index contributed by atoms with van der Waals surface area (Å²) in [5.74, 6) is -2.49. The number of nitrogens with one attached hydrogen (secondary N) is 2. The van der Waals surface area contributed by atoms with Crippen LogP contribution in [0.5, 0.6) is 0 Å². The van der Waals surface area contributed by atoms with Crippen molar-refractivity contribution in [3.63, 3.8) is 0 Å². The first-order valence-corrected chi connectivity index (χ1v) is 4.50. The van der Waals surface area contributed by atoms with Gasteiger partial charge in [-0.1, -0.05) is 0 Å². The molecule has 0 spiro atoms. The number of amides is 2. The zero-order valence-corrected chi connectivity index (χ0v) is 7.94. The van der Waals surface area contributed by atoms with Crippen molar-refractivity contribution in [1.29, 1.82) is 0 Å². The molecule has 2 aliphatic heterocycles. The highest BCUT2D eigenvalue weighted by molar-refractivity contribution is 6.44. The summed E-state index contributed by atoms with van der Waals surface area (Å²) in [6, 6.07) is -0.767. The largest absolute Gasteiger partial charge is 0.461 e. The number of imide groups is 1. The lowest BCUT2D eigenvalue weighted by molar-refractivity contribution is -0.136. The second-order valence-electron chi connectivity index (χ2n) is 3.16. The van der Waals surface area contributed by atoms with E-state index in [2.05, 4.69) is 15.8 Å². The first kappa shape index (κ1) is 9.63. The number of hydrazone groups is 1. The maximum Gasteiger partial charge on any atom is 0.355 e. The molecule has 0 aromatic carbocycles. The van der Waals surface area contributed by atoms with Gasteiger partial charge in [0.15, 0.2) is 5.71 Å². The molecular formula is C8H9N3O4. The summed E-state index contributed by atoms with van der Waals surface area (Å²) in [6.07, 6.45) is 0. The van der Waals surface area contributed by atoms with E-state index in [1.165, 1.54) is 0 Å². The number of ether oxygens (including phenoxy) is 1. The zero-order chi connectivity index (χ0) is 11.0. The number of nitrogens with zero attached hydrogens (tertiary/aromatic N) is 1. The van der Waals surface area contributed by atoms with Gasteiger partial charge in [-0.25, -0.2) is 4.79 Å². The van der Waals surface area contributed by atoms with Crippen LogP contribution in [-0.2, 0) is 19.1 Å². The summed E-state index contributed by atoms with van der Waals surface area (Å²) >= 11 is 0. The van der Waals surface area contributed by atoms with E-state index in [4.69, 9.17) is 4.74 Å². The van der Waals surface area contributed by atoms with Gasteiger partial charge in [0.2, 0.25) is 5.91 Å². The van der Waals surface area contributed by atoms with Crippen LogP contribution in [0.3, 0.4) is 0 Å². The van der Waals surface area contributed by atoms with E-state index in [0.29, 0.717) is 0 Å². The van der Waals surface area contributed by atoms with Gasteiger partial charge < -0.3 is 4.74 Å². The molecule has 0 aliphatic carbocycles. The molecule has 7 nitrogen and oxygen atoms in total. The maximum absolute atomic E-state index is 11.4. The molecule has 80 valence electrons. The molecule has 2 aliphatic rings. The molecule has 0 bridgehead atoms. The molecule has 2 N–H and O–H groups in total. The van der Waals surface area contributed by atoms with Crippen molar-refractivity contribution in [3.8, 4) is 0 Å². The molecule has 1 fully saturated rings. The van der Waals surface area contributed by atoms with Crippen LogP contribution in [0.4, 0.5) is 0 Å². The quantitative estimate of drug-likeness (QED) is 0.413. The molecule has 2 heterocycles. The van der Waals surface area contributed by atoms with Crippen molar-refractivity contribution >= 4 is 23.5 Å². The van der Waals surface area contributed by atoms with Crippen molar-refractivity contribution in [2.45, 2.75) is 13.0 Å². The van der Waals surface area contributed by atoms with Crippen molar-refractivity contribution in [1.82, 2.24) is 10.7 Å². The monoisotopic (exact) mass is 211 g/mol. The minimum absolute atomic E-state index is 0.0369. The number of hydrogen-bond acceptors (Lipinski definition) is 6. The molecule has 2 unspecified atom stereocenters. The van der Waals surface area contributed by atoms with Crippen LogP contribution in [0.25, 0.3) is 0 Å². The molecule has 2 amide bonds. The van der Waals surface area contributed by atoms with Crippen molar-refractivity contribution in [2.24, 2.45) is 11.0 Å². The standard InChI is InChI=1S/C8H9N3O4/c1-2-15-8(14)5-3-4(10-11-5)7(13)9-6(3)12/h3-4,10H,2H2,1H3,(H,9,12,13). The highest BCUT2D eigenvalue weighted by Crippen LogP contribution is 2.19. The normalized spacial score (nSPS) is 27.9. The fraction of sp³-hybridized carbons (Fsp3) is 0.500. The van der Waals surface area contributed by atoms with Gasteiger partial charge in [0, 0.05) is 0 Å². The van der Waals surface area contributed by atoms with Crippen LogP contribution >= 0.6 is 0 Å². The lowest BCUT2D eigenvalue weighted by Crippen LogP contribution is -2.35. The Bertz CT molecular complexity index is 376. The van der Waals surface area contributed by atoms with Crippen LogP contribution in [0, 0.1) is 5.92 Å². The van der Waals surface area contributed by atoms with Gasteiger partial charge in [-0.05, 0) is 6.92 Å². The Morgan fingerprint density at radius 1 is 1.47 bits per heavy atom. The van der Waals surface area contributed by atoms with E-state index < -0.39 is 29.7 Å². The van der Waals surface area contributed by atoms with E-state index in [0.717, 1.165) is 0 Å². The molecular weight excluding hydrogens is 202 g/mol. The van der Waals surface area contributed by atoms with Gasteiger partial charge in [0.1, 0.15) is 12.0 Å². The Hall–Kier alpha value is -1.92. The van der Waals surface area contributed by atoms with E-state index in [9.17, 15) is 14.4 Å². The van der Waals surface area contributed by atoms with Crippen LogP contribution < -0.4 is 10.7 Å². The summed E-state index contributed by atoms with van der Waals surface area (Å²) in [7, 11) is 0. The molecule has 0 aromatic rings. The molecule has 2 atom stereocenters. The molecule has 1 saturated heterocycles. The second-order valence-corrected chi connectivity index (χ2v) is 3.16. The van der Waals surface area contributed by atoms with Gasteiger partial charge in [-0.3, -0.25) is 20.3 Å². The van der Waals surface area contributed by atoms with Gasteiger partial charge in [0.25, 0.3) is 5.91 Å². The number of esters is 1. The fourth-order valence-electron chi connectivity index (χ4n) is 1.58.